The van der Waals surface area contributed by atoms with Gasteiger partial charge in [0.25, 0.3) is 0 Å². The first-order chi connectivity index (χ1) is 10.2. The van der Waals surface area contributed by atoms with Crippen LogP contribution in [0.4, 0.5) is 0 Å². The first-order valence-electron chi connectivity index (χ1n) is 7.74. The first-order valence-corrected chi connectivity index (χ1v) is 7.74. The Hall–Kier alpha value is -1.39. The highest BCUT2D eigenvalue weighted by Crippen LogP contribution is 2.05. The molecule has 0 heterocycles. The number of aliphatic hydroxyl groups is 1. The molecule has 0 aliphatic rings. The molecule has 0 bridgehead atoms. The second-order valence-electron chi connectivity index (χ2n) is 4.97. The number of allylic oxidation sites excluding steroid dienone is 4. The van der Waals surface area contributed by atoms with Gasteiger partial charge in [-0.1, -0.05) is 56.6 Å². The molecule has 0 aliphatic heterocycles. The number of carbonyl (C=O) groups excluding carboxylic acids is 1. The second-order valence-corrected chi connectivity index (χ2v) is 4.97. The van der Waals surface area contributed by atoms with Crippen LogP contribution < -0.4 is 0 Å². The van der Waals surface area contributed by atoms with Gasteiger partial charge in [0.15, 0.2) is 0 Å². The van der Waals surface area contributed by atoms with Crippen molar-refractivity contribution in [3.63, 3.8) is 0 Å². The minimum absolute atomic E-state index is 0.336. The number of hydrogen-bond acceptors (Lipinski definition) is 4. The van der Waals surface area contributed by atoms with E-state index >= 15 is 0 Å². The van der Waals surface area contributed by atoms with Crippen LogP contribution in [0.25, 0.3) is 0 Å². The zero-order valence-electron chi connectivity index (χ0n) is 12.9. The molecule has 1 atom stereocenters. The molecule has 0 fully saturated rings. The fraction of sp³-hybridized carbons (Fsp3) is 0.588. The fourth-order valence-electron chi connectivity index (χ4n) is 1.80. The molecule has 0 aromatic carbocycles. The van der Waals surface area contributed by atoms with Crippen molar-refractivity contribution >= 4 is 5.97 Å². The predicted molar refractivity (Wildman–Crippen MR) is 84.8 cm³/mol. The molecule has 4 nitrogen and oxygen atoms in total. The zero-order chi connectivity index (χ0) is 15.8. The molecule has 0 spiro atoms. The number of rotatable bonds is 12. The molecule has 0 aromatic rings. The summed E-state index contributed by atoms with van der Waals surface area (Å²) in [7, 11) is 0. The van der Waals surface area contributed by atoms with Crippen LogP contribution in [0.2, 0.25) is 0 Å². The molecule has 0 aromatic heterocycles. The van der Waals surface area contributed by atoms with E-state index in [2.05, 4.69) is 17.9 Å². The lowest BCUT2D eigenvalue weighted by Crippen LogP contribution is -2.00. The molecule has 21 heavy (non-hydrogen) atoms. The van der Waals surface area contributed by atoms with E-state index in [1.807, 2.05) is 18.2 Å². The summed E-state index contributed by atoms with van der Waals surface area (Å²) >= 11 is 0. The smallest absolute Gasteiger partial charge is 0.365 e. The molecule has 2 N–H and O–H groups in total. The van der Waals surface area contributed by atoms with Gasteiger partial charge in [0, 0.05) is 6.08 Å². The quantitative estimate of drug-likeness (QED) is 0.186. The van der Waals surface area contributed by atoms with E-state index in [0.717, 1.165) is 38.5 Å². The molecule has 4 heteroatoms. The molecular formula is C17H28O4. The average Bonchev–Trinajstić information content (AvgIpc) is 2.49. The topological polar surface area (TPSA) is 66.8 Å². The molecule has 120 valence electrons. The Morgan fingerprint density at radius 1 is 1.10 bits per heavy atom. The van der Waals surface area contributed by atoms with Crippen molar-refractivity contribution in [3.05, 3.63) is 36.5 Å². The third-order valence-electron chi connectivity index (χ3n) is 3.02. The lowest BCUT2D eigenvalue weighted by atomic mass is 10.1. The highest BCUT2D eigenvalue weighted by molar-refractivity contribution is 5.81. The van der Waals surface area contributed by atoms with E-state index in [-0.39, 0.29) is 6.10 Å². The van der Waals surface area contributed by atoms with Gasteiger partial charge in [0.05, 0.1) is 6.10 Å². The summed E-state index contributed by atoms with van der Waals surface area (Å²) in [6, 6.07) is 0. The van der Waals surface area contributed by atoms with Crippen molar-refractivity contribution in [2.75, 3.05) is 0 Å². The summed E-state index contributed by atoms with van der Waals surface area (Å²) in [6.45, 7) is 2.15. The Morgan fingerprint density at radius 3 is 2.48 bits per heavy atom. The third kappa shape index (κ3) is 14.8. The van der Waals surface area contributed by atoms with Crippen LogP contribution in [0.15, 0.2) is 36.5 Å². The lowest BCUT2D eigenvalue weighted by molar-refractivity contribution is -0.228. The Bertz CT molecular complexity index is 332. The van der Waals surface area contributed by atoms with Crippen molar-refractivity contribution in [2.24, 2.45) is 0 Å². The van der Waals surface area contributed by atoms with Crippen molar-refractivity contribution in [2.45, 2.75) is 64.4 Å². The number of unbranched alkanes of at least 4 members (excludes halogenated alkanes) is 5. The molecule has 0 radical (unpaired) electrons. The van der Waals surface area contributed by atoms with E-state index in [1.54, 1.807) is 6.08 Å². The SMILES string of the molecule is CCCCC[C@H](O)/C=C/C=C\CCCC/C=C\C(=O)OO. The van der Waals surface area contributed by atoms with Crippen molar-refractivity contribution in [1.82, 2.24) is 0 Å². The monoisotopic (exact) mass is 296 g/mol. The van der Waals surface area contributed by atoms with Gasteiger partial charge in [0.1, 0.15) is 0 Å². The van der Waals surface area contributed by atoms with Crippen LogP contribution in [0.3, 0.4) is 0 Å². The summed E-state index contributed by atoms with van der Waals surface area (Å²) in [5.41, 5.74) is 0. The Morgan fingerprint density at radius 2 is 1.81 bits per heavy atom. The molecule has 0 aliphatic carbocycles. The maximum absolute atomic E-state index is 10.6. The largest absolute Gasteiger partial charge is 0.389 e. The highest BCUT2D eigenvalue weighted by Gasteiger charge is 1.96. The molecule has 0 rings (SSSR count). The van der Waals surface area contributed by atoms with Crippen LogP contribution in [0.5, 0.6) is 0 Å². The fourth-order valence-corrected chi connectivity index (χ4v) is 1.80. The van der Waals surface area contributed by atoms with Crippen LogP contribution in [-0.2, 0) is 9.68 Å². The Kier molecular flexibility index (Phi) is 14.0. The molecule has 0 saturated heterocycles. The first kappa shape index (κ1) is 19.6. The normalized spacial score (nSPS) is 13.5. The van der Waals surface area contributed by atoms with Crippen molar-refractivity contribution in [3.8, 4) is 0 Å². The Labute approximate surface area is 127 Å². The van der Waals surface area contributed by atoms with Gasteiger partial charge >= 0.3 is 5.97 Å². The van der Waals surface area contributed by atoms with Crippen LogP contribution in [-0.4, -0.2) is 22.4 Å². The molecule has 0 saturated carbocycles. The minimum atomic E-state index is -0.738. The van der Waals surface area contributed by atoms with Gasteiger partial charge in [-0.25, -0.2) is 4.79 Å². The van der Waals surface area contributed by atoms with E-state index in [9.17, 15) is 9.90 Å². The van der Waals surface area contributed by atoms with Crippen LogP contribution in [0.1, 0.15) is 58.3 Å². The summed E-state index contributed by atoms with van der Waals surface area (Å²) in [4.78, 5) is 14.1. The van der Waals surface area contributed by atoms with E-state index in [1.165, 1.54) is 18.9 Å². The molecule has 0 unspecified atom stereocenters. The molecular weight excluding hydrogens is 268 g/mol. The van der Waals surface area contributed by atoms with Gasteiger partial charge in [-0.15, -0.1) is 0 Å². The van der Waals surface area contributed by atoms with Crippen molar-refractivity contribution in [1.29, 1.82) is 0 Å². The van der Waals surface area contributed by atoms with Crippen LogP contribution in [0, 0.1) is 0 Å². The standard InChI is InChI=1S/C17H28O4/c1-2-3-10-13-16(18)14-11-8-6-4-5-7-9-12-15-17(19)21-20/h6,8,11-12,14-16,18,20H,2-5,7,9-10,13H2,1H3/b8-6-,14-11+,15-12-/t16-/m0/s1. The van der Waals surface area contributed by atoms with E-state index in [4.69, 9.17) is 5.26 Å². The average molecular weight is 296 g/mol. The summed E-state index contributed by atoms with van der Waals surface area (Å²) < 4.78 is 0. The zero-order valence-corrected chi connectivity index (χ0v) is 12.9. The van der Waals surface area contributed by atoms with Gasteiger partial charge in [-0.3, -0.25) is 4.89 Å². The summed E-state index contributed by atoms with van der Waals surface area (Å²) in [6.07, 6.45) is 18.3. The Balaban J connectivity index is 3.51. The van der Waals surface area contributed by atoms with Crippen molar-refractivity contribution < 1.29 is 20.0 Å². The lowest BCUT2D eigenvalue weighted by Gasteiger charge is -2.03. The van der Waals surface area contributed by atoms with E-state index in [0.29, 0.717) is 0 Å². The van der Waals surface area contributed by atoms with Gasteiger partial charge in [-0.05, 0) is 32.1 Å². The summed E-state index contributed by atoms with van der Waals surface area (Å²) in [5.74, 6) is -0.738. The maximum Gasteiger partial charge on any atom is 0.365 e. The number of aliphatic hydroxyl groups excluding tert-OH is 1. The van der Waals surface area contributed by atoms with Gasteiger partial charge in [0.2, 0.25) is 0 Å². The van der Waals surface area contributed by atoms with Crippen LogP contribution >= 0.6 is 0 Å². The number of hydrogen-bond donors (Lipinski definition) is 2. The molecule has 0 amide bonds. The third-order valence-corrected chi connectivity index (χ3v) is 3.02. The highest BCUT2D eigenvalue weighted by atomic mass is 17.1. The van der Waals surface area contributed by atoms with Gasteiger partial charge in [-0.2, -0.15) is 5.26 Å². The van der Waals surface area contributed by atoms with Gasteiger partial charge < -0.3 is 5.11 Å². The minimum Gasteiger partial charge on any atom is -0.389 e. The predicted octanol–water partition coefficient (Wildman–Crippen LogP) is 4.17. The maximum atomic E-state index is 10.6. The second kappa shape index (κ2) is 15.0. The van der Waals surface area contributed by atoms with E-state index < -0.39 is 5.97 Å². The number of carbonyl (C=O) groups is 1. The summed E-state index contributed by atoms with van der Waals surface area (Å²) in [5, 5.41) is 17.7.